The van der Waals surface area contributed by atoms with Crippen molar-refractivity contribution < 1.29 is 5.11 Å². The molecule has 0 aromatic carbocycles. The van der Waals surface area contributed by atoms with E-state index in [0.29, 0.717) is 12.1 Å². The van der Waals surface area contributed by atoms with Crippen molar-refractivity contribution in [2.75, 3.05) is 26.7 Å². The van der Waals surface area contributed by atoms with Gasteiger partial charge in [-0.1, -0.05) is 6.07 Å². The third-order valence-electron chi connectivity index (χ3n) is 4.19. The predicted octanol–water partition coefficient (Wildman–Crippen LogP) is 1.36. The van der Waals surface area contributed by atoms with Gasteiger partial charge < -0.3 is 5.11 Å². The molecule has 2 unspecified atom stereocenters. The van der Waals surface area contributed by atoms with E-state index in [1.165, 1.54) is 12.0 Å². The van der Waals surface area contributed by atoms with E-state index < -0.39 is 0 Å². The summed E-state index contributed by atoms with van der Waals surface area (Å²) < 4.78 is 0. The second-order valence-electron chi connectivity index (χ2n) is 5.57. The first-order valence-corrected chi connectivity index (χ1v) is 7.14. The molecule has 2 heterocycles. The van der Waals surface area contributed by atoms with Crippen molar-refractivity contribution in [3.05, 3.63) is 30.1 Å². The van der Waals surface area contributed by atoms with Crippen LogP contribution in [0, 0.1) is 0 Å². The SMILES string of the molecule is CC1CCN(Cc2cccnc2)CC(CCO)N1C. The number of hydrogen-bond donors (Lipinski definition) is 1. The summed E-state index contributed by atoms with van der Waals surface area (Å²) in [6.45, 7) is 5.63. The zero-order valence-corrected chi connectivity index (χ0v) is 12.0. The minimum absolute atomic E-state index is 0.266. The molecular formula is C15H25N3O. The molecule has 0 spiro atoms. The maximum atomic E-state index is 9.24. The van der Waals surface area contributed by atoms with Crippen molar-refractivity contribution in [1.82, 2.24) is 14.8 Å². The molecule has 0 saturated carbocycles. The zero-order valence-electron chi connectivity index (χ0n) is 12.0. The largest absolute Gasteiger partial charge is 0.396 e. The standard InChI is InChI=1S/C15H25N3O/c1-13-5-8-18(11-14-4-3-7-16-10-14)12-15(6-9-19)17(13)2/h3-4,7,10,13,15,19H,5-6,8-9,11-12H2,1-2H3. The molecule has 4 heteroatoms. The van der Waals surface area contributed by atoms with Gasteiger partial charge in [-0.2, -0.15) is 0 Å². The molecule has 19 heavy (non-hydrogen) atoms. The van der Waals surface area contributed by atoms with Crippen LogP contribution in [-0.4, -0.2) is 58.7 Å². The smallest absolute Gasteiger partial charge is 0.0446 e. The Kier molecular flexibility index (Phi) is 5.31. The number of aliphatic hydroxyl groups excluding tert-OH is 1. The number of pyridine rings is 1. The highest BCUT2D eigenvalue weighted by molar-refractivity contribution is 5.08. The highest BCUT2D eigenvalue weighted by Crippen LogP contribution is 2.18. The summed E-state index contributed by atoms with van der Waals surface area (Å²) in [5.41, 5.74) is 1.27. The lowest BCUT2D eigenvalue weighted by molar-refractivity contribution is 0.139. The lowest BCUT2D eigenvalue weighted by Gasteiger charge is -2.31. The van der Waals surface area contributed by atoms with Gasteiger partial charge in [0, 0.05) is 50.7 Å². The third-order valence-corrected chi connectivity index (χ3v) is 4.19. The highest BCUT2D eigenvalue weighted by Gasteiger charge is 2.26. The molecule has 1 aromatic heterocycles. The van der Waals surface area contributed by atoms with Gasteiger partial charge in [0.1, 0.15) is 0 Å². The first-order valence-electron chi connectivity index (χ1n) is 7.14. The van der Waals surface area contributed by atoms with E-state index in [1.807, 2.05) is 18.5 Å². The Labute approximate surface area is 116 Å². The quantitative estimate of drug-likeness (QED) is 0.890. The van der Waals surface area contributed by atoms with Gasteiger partial charge in [0.15, 0.2) is 0 Å². The minimum atomic E-state index is 0.266. The molecule has 2 atom stereocenters. The maximum Gasteiger partial charge on any atom is 0.0446 e. The van der Waals surface area contributed by atoms with Crippen LogP contribution < -0.4 is 0 Å². The topological polar surface area (TPSA) is 39.6 Å². The second-order valence-corrected chi connectivity index (χ2v) is 5.57. The maximum absolute atomic E-state index is 9.24. The van der Waals surface area contributed by atoms with E-state index in [-0.39, 0.29) is 6.61 Å². The summed E-state index contributed by atoms with van der Waals surface area (Å²) >= 11 is 0. The number of likely N-dealkylation sites (N-methyl/N-ethyl adjacent to an activating group) is 1. The fourth-order valence-corrected chi connectivity index (χ4v) is 2.79. The summed E-state index contributed by atoms with van der Waals surface area (Å²) in [4.78, 5) is 9.08. The molecular weight excluding hydrogens is 238 g/mol. The Bertz CT molecular complexity index is 371. The molecule has 0 radical (unpaired) electrons. The third kappa shape index (κ3) is 4.00. The van der Waals surface area contributed by atoms with Gasteiger partial charge in [-0.25, -0.2) is 0 Å². The molecule has 1 aliphatic heterocycles. The molecule has 1 aliphatic rings. The molecule has 0 amide bonds. The molecule has 106 valence electrons. The van der Waals surface area contributed by atoms with E-state index >= 15 is 0 Å². The highest BCUT2D eigenvalue weighted by atomic mass is 16.3. The molecule has 0 aliphatic carbocycles. The molecule has 0 bridgehead atoms. The van der Waals surface area contributed by atoms with Gasteiger partial charge in [-0.05, 0) is 38.4 Å². The van der Waals surface area contributed by atoms with Crippen molar-refractivity contribution >= 4 is 0 Å². The van der Waals surface area contributed by atoms with E-state index in [1.54, 1.807) is 0 Å². The summed E-state index contributed by atoms with van der Waals surface area (Å²) in [5, 5.41) is 9.24. The summed E-state index contributed by atoms with van der Waals surface area (Å²) in [5.74, 6) is 0. The molecule has 4 nitrogen and oxygen atoms in total. The molecule has 1 N–H and O–H groups in total. The normalized spacial score (nSPS) is 26.3. The summed E-state index contributed by atoms with van der Waals surface area (Å²) in [7, 11) is 2.18. The van der Waals surface area contributed by atoms with Gasteiger partial charge in [-0.3, -0.25) is 14.8 Å². The van der Waals surface area contributed by atoms with Gasteiger partial charge in [0.25, 0.3) is 0 Å². The van der Waals surface area contributed by atoms with Crippen molar-refractivity contribution in [2.24, 2.45) is 0 Å². The molecule has 1 fully saturated rings. The minimum Gasteiger partial charge on any atom is -0.396 e. The van der Waals surface area contributed by atoms with Crippen molar-refractivity contribution in [2.45, 2.75) is 38.4 Å². The average molecular weight is 263 g/mol. The Hall–Kier alpha value is -0.970. The lowest BCUT2D eigenvalue weighted by Crippen LogP contribution is -2.42. The van der Waals surface area contributed by atoms with Crippen LogP contribution in [0.3, 0.4) is 0 Å². The van der Waals surface area contributed by atoms with Crippen LogP contribution in [0.1, 0.15) is 25.3 Å². The van der Waals surface area contributed by atoms with Crippen LogP contribution >= 0.6 is 0 Å². The van der Waals surface area contributed by atoms with E-state index in [0.717, 1.165) is 26.1 Å². The number of hydrogen-bond acceptors (Lipinski definition) is 4. The number of aromatic nitrogens is 1. The Morgan fingerprint density at radius 3 is 3.00 bits per heavy atom. The van der Waals surface area contributed by atoms with Gasteiger partial charge in [-0.15, -0.1) is 0 Å². The Morgan fingerprint density at radius 1 is 1.47 bits per heavy atom. The number of aliphatic hydroxyl groups is 1. The first-order chi connectivity index (χ1) is 9.20. The Morgan fingerprint density at radius 2 is 2.32 bits per heavy atom. The van der Waals surface area contributed by atoms with Crippen LogP contribution in [0.15, 0.2) is 24.5 Å². The van der Waals surface area contributed by atoms with Crippen molar-refractivity contribution in [1.29, 1.82) is 0 Å². The Balaban J connectivity index is 2.01. The summed E-state index contributed by atoms with van der Waals surface area (Å²) in [6, 6.07) is 5.15. The van der Waals surface area contributed by atoms with Gasteiger partial charge in [0.05, 0.1) is 0 Å². The lowest BCUT2D eigenvalue weighted by atomic mass is 10.1. The molecule has 1 saturated heterocycles. The van der Waals surface area contributed by atoms with Crippen LogP contribution in [0.25, 0.3) is 0 Å². The van der Waals surface area contributed by atoms with Crippen LogP contribution in [0.5, 0.6) is 0 Å². The molecule has 1 aromatic rings. The van der Waals surface area contributed by atoms with Gasteiger partial charge in [0.2, 0.25) is 0 Å². The number of nitrogens with zero attached hydrogens (tertiary/aromatic N) is 3. The van der Waals surface area contributed by atoms with Crippen LogP contribution in [-0.2, 0) is 6.54 Å². The fraction of sp³-hybridized carbons (Fsp3) is 0.667. The van der Waals surface area contributed by atoms with E-state index in [4.69, 9.17) is 0 Å². The monoisotopic (exact) mass is 263 g/mol. The first kappa shape index (κ1) is 14.4. The van der Waals surface area contributed by atoms with Crippen LogP contribution in [0.2, 0.25) is 0 Å². The van der Waals surface area contributed by atoms with Crippen molar-refractivity contribution in [3.63, 3.8) is 0 Å². The zero-order chi connectivity index (χ0) is 13.7. The van der Waals surface area contributed by atoms with Crippen molar-refractivity contribution in [3.8, 4) is 0 Å². The number of rotatable bonds is 4. The summed E-state index contributed by atoms with van der Waals surface area (Å²) in [6.07, 6.45) is 5.79. The van der Waals surface area contributed by atoms with E-state index in [9.17, 15) is 5.11 Å². The average Bonchev–Trinajstić information content (AvgIpc) is 2.55. The van der Waals surface area contributed by atoms with Gasteiger partial charge >= 0.3 is 0 Å². The predicted molar refractivity (Wildman–Crippen MR) is 76.8 cm³/mol. The van der Waals surface area contributed by atoms with E-state index in [2.05, 4.69) is 34.8 Å². The molecule has 2 rings (SSSR count). The second kappa shape index (κ2) is 6.98. The fourth-order valence-electron chi connectivity index (χ4n) is 2.79. The van der Waals surface area contributed by atoms with Crippen LogP contribution in [0.4, 0.5) is 0 Å².